The van der Waals surface area contributed by atoms with Gasteiger partial charge in [-0.3, -0.25) is 0 Å². The summed E-state index contributed by atoms with van der Waals surface area (Å²) in [6, 6.07) is 5.94. The van der Waals surface area contributed by atoms with E-state index >= 15 is 0 Å². The molecule has 0 unspecified atom stereocenters. The molecule has 1 rings (SSSR count). The van der Waals surface area contributed by atoms with Gasteiger partial charge in [0.15, 0.2) is 6.10 Å². The first kappa shape index (κ1) is 12.8. The molecule has 17 heavy (non-hydrogen) atoms. The summed E-state index contributed by atoms with van der Waals surface area (Å²) < 4.78 is 14.1. The van der Waals surface area contributed by atoms with Gasteiger partial charge in [0, 0.05) is 0 Å². The number of carbonyl (C=O) groups is 2. The third-order valence-electron chi connectivity index (χ3n) is 1.85. The molecule has 1 atom stereocenters. The summed E-state index contributed by atoms with van der Waals surface area (Å²) in [6.45, 7) is 1.42. The highest BCUT2D eigenvalue weighted by Gasteiger charge is 2.12. The average Bonchev–Trinajstić information content (AvgIpc) is 2.31. The van der Waals surface area contributed by atoms with E-state index in [1.54, 1.807) is 0 Å². The van der Waals surface area contributed by atoms with Crippen LogP contribution in [0.1, 0.15) is 6.92 Å². The number of carboxylic acid groups (broad SMARTS) is 1. The number of methoxy groups -OCH3 is 1. The minimum atomic E-state index is -1.06. The monoisotopic (exact) mass is 240 g/mol. The molecule has 0 fully saturated rings. The van der Waals surface area contributed by atoms with Crippen molar-refractivity contribution in [1.29, 1.82) is 0 Å². The maximum absolute atomic E-state index is 10.8. The zero-order valence-electron chi connectivity index (χ0n) is 9.38. The van der Waals surface area contributed by atoms with Crippen molar-refractivity contribution in [3.8, 4) is 11.5 Å². The lowest BCUT2D eigenvalue weighted by molar-refractivity contribution is -0.144. The lowest BCUT2D eigenvalue weighted by atomic mass is 10.3. The maximum atomic E-state index is 10.8. The van der Waals surface area contributed by atoms with Crippen LogP contribution in [0.5, 0.6) is 11.5 Å². The summed E-state index contributed by atoms with van der Waals surface area (Å²) in [4.78, 5) is 21.3. The molecule has 0 aliphatic heterocycles. The van der Waals surface area contributed by atoms with Crippen molar-refractivity contribution < 1.29 is 28.9 Å². The van der Waals surface area contributed by atoms with Crippen molar-refractivity contribution in [3.63, 3.8) is 0 Å². The fraction of sp³-hybridized carbons (Fsp3) is 0.273. The van der Waals surface area contributed by atoms with Gasteiger partial charge in [0.05, 0.1) is 7.11 Å². The SMILES string of the molecule is COC(=O)Oc1ccc(O[C@H](C)C(=O)O)cc1. The van der Waals surface area contributed by atoms with Crippen molar-refractivity contribution in [2.75, 3.05) is 7.11 Å². The molecule has 0 aliphatic rings. The summed E-state index contributed by atoms with van der Waals surface area (Å²) in [5.41, 5.74) is 0. The maximum Gasteiger partial charge on any atom is 0.513 e. The summed E-state index contributed by atoms with van der Waals surface area (Å²) in [5, 5.41) is 8.64. The van der Waals surface area contributed by atoms with E-state index in [4.69, 9.17) is 14.6 Å². The highest BCUT2D eigenvalue weighted by atomic mass is 16.7. The smallest absolute Gasteiger partial charge is 0.479 e. The molecular weight excluding hydrogens is 228 g/mol. The summed E-state index contributed by atoms with van der Waals surface area (Å²) in [7, 11) is 1.20. The molecule has 0 aromatic heterocycles. The number of aliphatic carboxylic acids is 1. The normalized spacial score (nSPS) is 11.4. The van der Waals surface area contributed by atoms with Gasteiger partial charge in [-0.15, -0.1) is 0 Å². The second-order valence-electron chi connectivity index (χ2n) is 3.13. The van der Waals surface area contributed by atoms with E-state index in [2.05, 4.69) is 4.74 Å². The van der Waals surface area contributed by atoms with Crippen molar-refractivity contribution in [2.45, 2.75) is 13.0 Å². The zero-order valence-corrected chi connectivity index (χ0v) is 9.38. The Morgan fingerprint density at radius 2 is 1.71 bits per heavy atom. The second kappa shape index (κ2) is 5.74. The predicted molar refractivity (Wildman–Crippen MR) is 57.2 cm³/mol. The van der Waals surface area contributed by atoms with Crippen LogP contribution in [0.2, 0.25) is 0 Å². The Bertz CT molecular complexity index is 397. The Morgan fingerprint density at radius 3 is 2.18 bits per heavy atom. The van der Waals surface area contributed by atoms with Gasteiger partial charge in [-0.25, -0.2) is 9.59 Å². The quantitative estimate of drug-likeness (QED) is 0.637. The molecule has 1 N–H and O–H groups in total. The first-order valence-corrected chi connectivity index (χ1v) is 4.78. The number of hydrogen-bond donors (Lipinski definition) is 1. The van der Waals surface area contributed by atoms with Crippen molar-refractivity contribution in [3.05, 3.63) is 24.3 Å². The van der Waals surface area contributed by atoms with Gasteiger partial charge in [0.2, 0.25) is 0 Å². The molecule has 0 amide bonds. The lowest BCUT2D eigenvalue weighted by Crippen LogP contribution is -2.22. The molecule has 0 bridgehead atoms. The van der Waals surface area contributed by atoms with Gasteiger partial charge in [0.25, 0.3) is 0 Å². The van der Waals surface area contributed by atoms with E-state index in [-0.39, 0.29) is 5.75 Å². The molecule has 6 heteroatoms. The number of rotatable bonds is 4. The summed E-state index contributed by atoms with van der Waals surface area (Å²) in [6.07, 6.45) is -1.76. The van der Waals surface area contributed by atoms with Crippen LogP contribution in [0.15, 0.2) is 24.3 Å². The Labute approximate surface area is 97.7 Å². The van der Waals surface area contributed by atoms with E-state index in [0.717, 1.165) is 0 Å². The molecule has 92 valence electrons. The van der Waals surface area contributed by atoms with Crippen LogP contribution in [0.25, 0.3) is 0 Å². The van der Waals surface area contributed by atoms with Gasteiger partial charge in [0.1, 0.15) is 11.5 Å². The van der Waals surface area contributed by atoms with Crippen molar-refractivity contribution in [2.24, 2.45) is 0 Å². The molecular formula is C11H12O6. The van der Waals surface area contributed by atoms with Crippen LogP contribution in [-0.2, 0) is 9.53 Å². The van der Waals surface area contributed by atoms with Crippen LogP contribution < -0.4 is 9.47 Å². The van der Waals surface area contributed by atoms with E-state index in [9.17, 15) is 9.59 Å². The Hall–Kier alpha value is -2.24. The first-order valence-electron chi connectivity index (χ1n) is 4.78. The van der Waals surface area contributed by atoms with Crippen molar-refractivity contribution in [1.82, 2.24) is 0 Å². The van der Waals surface area contributed by atoms with E-state index in [1.165, 1.54) is 38.3 Å². The van der Waals surface area contributed by atoms with Gasteiger partial charge >= 0.3 is 12.1 Å². The molecule has 0 saturated heterocycles. The molecule has 0 heterocycles. The fourth-order valence-corrected chi connectivity index (χ4v) is 0.979. The largest absolute Gasteiger partial charge is 0.513 e. The predicted octanol–water partition coefficient (Wildman–Crippen LogP) is 1.68. The minimum Gasteiger partial charge on any atom is -0.479 e. The van der Waals surface area contributed by atoms with Gasteiger partial charge in [-0.05, 0) is 31.2 Å². The number of carbonyl (C=O) groups excluding carboxylic acids is 1. The number of benzene rings is 1. The lowest BCUT2D eigenvalue weighted by Gasteiger charge is -2.10. The third kappa shape index (κ3) is 4.02. The third-order valence-corrected chi connectivity index (χ3v) is 1.85. The zero-order chi connectivity index (χ0) is 12.8. The van der Waals surface area contributed by atoms with E-state index in [1.807, 2.05) is 0 Å². The van der Waals surface area contributed by atoms with Gasteiger partial charge < -0.3 is 19.3 Å². The average molecular weight is 240 g/mol. The Kier molecular flexibility index (Phi) is 4.33. The summed E-state index contributed by atoms with van der Waals surface area (Å²) >= 11 is 0. The van der Waals surface area contributed by atoms with E-state index < -0.39 is 18.2 Å². The highest BCUT2D eigenvalue weighted by Crippen LogP contribution is 2.18. The molecule has 6 nitrogen and oxygen atoms in total. The molecule has 1 aromatic rings. The molecule has 0 aliphatic carbocycles. The van der Waals surface area contributed by atoms with Crippen LogP contribution in [-0.4, -0.2) is 30.4 Å². The molecule has 0 saturated carbocycles. The second-order valence-corrected chi connectivity index (χ2v) is 3.13. The van der Waals surface area contributed by atoms with Crippen LogP contribution >= 0.6 is 0 Å². The topological polar surface area (TPSA) is 82.1 Å². The molecule has 0 spiro atoms. The van der Waals surface area contributed by atoms with E-state index in [0.29, 0.717) is 5.75 Å². The first-order chi connectivity index (χ1) is 8.02. The molecule has 0 radical (unpaired) electrons. The Balaban J connectivity index is 2.62. The van der Waals surface area contributed by atoms with Crippen LogP contribution in [0.4, 0.5) is 4.79 Å². The van der Waals surface area contributed by atoms with Crippen molar-refractivity contribution >= 4 is 12.1 Å². The number of hydrogen-bond acceptors (Lipinski definition) is 5. The Morgan fingerprint density at radius 1 is 1.18 bits per heavy atom. The van der Waals surface area contributed by atoms with Gasteiger partial charge in [-0.1, -0.05) is 0 Å². The standard InChI is InChI=1S/C11H12O6/c1-7(10(12)13)16-8-3-5-9(6-4-8)17-11(14)15-2/h3-7H,1-2H3,(H,12,13)/t7-/m1/s1. The number of ether oxygens (including phenoxy) is 3. The van der Waals surface area contributed by atoms with Crippen LogP contribution in [0.3, 0.4) is 0 Å². The highest BCUT2D eigenvalue weighted by molar-refractivity contribution is 5.72. The summed E-state index contributed by atoms with van der Waals surface area (Å²) in [5.74, 6) is -0.399. The molecule has 1 aromatic carbocycles. The number of carboxylic acids is 1. The fourth-order valence-electron chi connectivity index (χ4n) is 0.979. The minimum absolute atomic E-state index is 0.284. The van der Waals surface area contributed by atoms with Gasteiger partial charge in [-0.2, -0.15) is 0 Å². The van der Waals surface area contributed by atoms with Crippen LogP contribution in [0, 0.1) is 0 Å².